The Balaban J connectivity index is 3.25. The van der Waals surface area contributed by atoms with Gasteiger partial charge in [-0.2, -0.15) is 0 Å². The molecule has 0 amide bonds. The van der Waals surface area contributed by atoms with Crippen LogP contribution in [0, 0.1) is 0 Å². The first-order valence-electron chi connectivity index (χ1n) is 4.34. The smallest absolute Gasteiger partial charge is 0.127 e. The van der Waals surface area contributed by atoms with Crippen LogP contribution in [0.5, 0.6) is 11.5 Å². The molecule has 4 heteroatoms. The van der Waals surface area contributed by atoms with Gasteiger partial charge in [0, 0.05) is 31.9 Å². The Morgan fingerprint density at radius 1 is 1.14 bits per heavy atom. The molecule has 0 aromatic heterocycles. The van der Waals surface area contributed by atoms with Crippen molar-refractivity contribution in [2.45, 2.75) is 13.0 Å². The van der Waals surface area contributed by atoms with Gasteiger partial charge < -0.3 is 20.2 Å². The van der Waals surface area contributed by atoms with Crippen LogP contribution < -0.4 is 4.90 Å². The zero-order valence-corrected chi connectivity index (χ0v) is 8.52. The van der Waals surface area contributed by atoms with Crippen molar-refractivity contribution in [3.63, 3.8) is 0 Å². The number of hydrogen-bond acceptors (Lipinski definition) is 4. The SMILES string of the molecule is CC(O)c1c(O)cc(N(C)C)cc1O. The summed E-state index contributed by atoms with van der Waals surface area (Å²) in [6.45, 7) is 1.49. The third-order valence-corrected chi connectivity index (χ3v) is 2.06. The normalized spacial score (nSPS) is 12.6. The van der Waals surface area contributed by atoms with Crippen LogP contribution in [-0.4, -0.2) is 29.4 Å². The number of benzene rings is 1. The maximum Gasteiger partial charge on any atom is 0.127 e. The van der Waals surface area contributed by atoms with Gasteiger partial charge in [-0.1, -0.05) is 0 Å². The number of phenols is 2. The fraction of sp³-hybridized carbons (Fsp3) is 0.400. The lowest BCUT2D eigenvalue weighted by atomic mass is 10.1. The summed E-state index contributed by atoms with van der Waals surface area (Å²) in [5, 5.41) is 28.4. The van der Waals surface area contributed by atoms with E-state index in [1.165, 1.54) is 19.1 Å². The molecule has 1 aromatic rings. The number of anilines is 1. The van der Waals surface area contributed by atoms with Gasteiger partial charge in [0.2, 0.25) is 0 Å². The Labute approximate surface area is 83.0 Å². The summed E-state index contributed by atoms with van der Waals surface area (Å²) in [7, 11) is 3.60. The highest BCUT2D eigenvalue weighted by Crippen LogP contribution is 2.36. The van der Waals surface area contributed by atoms with Crippen LogP contribution in [0.3, 0.4) is 0 Å². The van der Waals surface area contributed by atoms with Gasteiger partial charge in [0.25, 0.3) is 0 Å². The van der Waals surface area contributed by atoms with Crippen LogP contribution in [0.2, 0.25) is 0 Å². The van der Waals surface area contributed by atoms with E-state index in [9.17, 15) is 15.3 Å². The molecule has 0 aliphatic heterocycles. The second-order valence-corrected chi connectivity index (χ2v) is 3.47. The van der Waals surface area contributed by atoms with Crippen LogP contribution in [0.4, 0.5) is 5.69 Å². The molecule has 0 aliphatic carbocycles. The van der Waals surface area contributed by atoms with E-state index in [1.54, 1.807) is 19.0 Å². The maximum absolute atomic E-state index is 9.54. The highest BCUT2D eigenvalue weighted by molar-refractivity contribution is 5.59. The minimum Gasteiger partial charge on any atom is -0.507 e. The number of aliphatic hydroxyl groups is 1. The van der Waals surface area contributed by atoms with Crippen molar-refractivity contribution in [2.75, 3.05) is 19.0 Å². The largest absolute Gasteiger partial charge is 0.507 e. The lowest BCUT2D eigenvalue weighted by molar-refractivity contribution is 0.190. The van der Waals surface area contributed by atoms with E-state index < -0.39 is 6.10 Å². The maximum atomic E-state index is 9.54. The predicted octanol–water partition coefficient (Wildman–Crippen LogP) is 1.22. The number of nitrogens with zero attached hydrogens (tertiary/aromatic N) is 1. The van der Waals surface area contributed by atoms with Crippen molar-refractivity contribution in [1.29, 1.82) is 0 Å². The molecule has 0 spiro atoms. The minimum atomic E-state index is -0.883. The molecule has 0 saturated carbocycles. The highest BCUT2D eigenvalue weighted by Gasteiger charge is 2.14. The van der Waals surface area contributed by atoms with Crippen LogP contribution in [0.25, 0.3) is 0 Å². The van der Waals surface area contributed by atoms with Gasteiger partial charge in [-0.3, -0.25) is 0 Å². The first kappa shape index (κ1) is 10.7. The minimum absolute atomic E-state index is 0.0938. The second kappa shape index (κ2) is 3.75. The van der Waals surface area contributed by atoms with Gasteiger partial charge in [0.1, 0.15) is 11.5 Å². The molecule has 3 N–H and O–H groups in total. The topological polar surface area (TPSA) is 63.9 Å². The summed E-state index contributed by atoms with van der Waals surface area (Å²) in [4.78, 5) is 1.76. The van der Waals surface area contributed by atoms with Gasteiger partial charge in [-0.15, -0.1) is 0 Å². The van der Waals surface area contributed by atoms with Gasteiger partial charge >= 0.3 is 0 Å². The number of rotatable bonds is 2. The average molecular weight is 197 g/mol. The van der Waals surface area contributed by atoms with Crippen LogP contribution in [-0.2, 0) is 0 Å². The molecule has 4 nitrogen and oxygen atoms in total. The molecule has 1 atom stereocenters. The summed E-state index contributed by atoms with van der Waals surface area (Å²) < 4.78 is 0. The Morgan fingerprint density at radius 3 is 1.86 bits per heavy atom. The summed E-state index contributed by atoms with van der Waals surface area (Å²) in [5.41, 5.74) is 0.847. The summed E-state index contributed by atoms with van der Waals surface area (Å²) >= 11 is 0. The van der Waals surface area contributed by atoms with E-state index >= 15 is 0 Å². The fourth-order valence-electron chi connectivity index (χ4n) is 1.29. The van der Waals surface area contributed by atoms with Crippen molar-refractivity contribution in [1.82, 2.24) is 0 Å². The van der Waals surface area contributed by atoms with Gasteiger partial charge in [0.05, 0.1) is 11.7 Å². The first-order valence-corrected chi connectivity index (χ1v) is 4.34. The van der Waals surface area contributed by atoms with E-state index in [0.29, 0.717) is 5.69 Å². The van der Waals surface area contributed by atoms with Crippen LogP contribution in [0.15, 0.2) is 12.1 Å². The van der Waals surface area contributed by atoms with Gasteiger partial charge in [-0.05, 0) is 6.92 Å². The molecule has 1 unspecified atom stereocenters. The lowest BCUT2D eigenvalue weighted by Crippen LogP contribution is -2.08. The molecule has 0 radical (unpaired) electrons. The fourth-order valence-corrected chi connectivity index (χ4v) is 1.29. The third kappa shape index (κ3) is 1.90. The average Bonchev–Trinajstić information content (AvgIpc) is 2.01. The summed E-state index contributed by atoms with van der Waals surface area (Å²) in [6.07, 6.45) is -0.883. The Hall–Kier alpha value is -1.42. The van der Waals surface area contributed by atoms with Crippen molar-refractivity contribution in [3.05, 3.63) is 17.7 Å². The Bertz CT molecular complexity index is 311. The molecular weight excluding hydrogens is 182 g/mol. The van der Waals surface area contributed by atoms with Crippen LogP contribution in [0.1, 0.15) is 18.6 Å². The molecule has 0 heterocycles. The van der Waals surface area contributed by atoms with E-state index in [0.717, 1.165) is 0 Å². The Kier molecular flexibility index (Phi) is 2.86. The summed E-state index contributed by atoms with van der Waals surface area (Å²) in [6, 6.07) is 3.00. The molecule has 1 rings (SSSR count). The van der Waals surface area contributed by atoms with Crippen molar-refractivity contribution >= 4 is 5.69 Å². The molecule has 0 bridgehead atoms. The molecule has 0 fully saturated rings. The molecule has 1 aromatic carbocycles. The van der Waals surface area contributed by atoms with Crippen LogP contribution >= 0.6 is 0 Å². The number of aromatic hydroxyl groups is 2. The zero-order chi connectivity index (χ0) is 10.9. The van der Waals surface area contributed by atoms with E-state index in [4.69, 9.17) is 0 Å². The quantitative estimate of drug-likeness (QED) is 0.667. The number of aliphatic hydroxyl groups excluding tert-OH is 1. The van der Waals surface area contributed by atoms with Crippen molar-refractivity contribution in [2.24, 2.45) is 0 Å². The van der Waals surface area contributed by atoms with Crippen molar-refractivity contribution < 1.29 is 15.3 Å². The first-order chi connectivity index (χ1) is 6.43. The van der Waals surface area contributed by atoms with E-state index in [2.05, 4.69) is 0 Å². The highest BCUT2D eigenvalue weighted by atomic mass is 16.3. The predicted molar refractivity (Wildman–Crippen MR) is 54.7 cm³/mol. The third-order valence-electron chi connectivity index (χ3n) is 2.06. The van der Waals surface area contributed by atoms with Gasteiger partial charge in [0.15, 0.2) is 0 Å². The summed E-state index contributed by atoms with van der Waals surface area (Å²) in [5.74, 6) is -0.188. The van der Waals surface area contributed by atoms with E-state index in [1.807, 2.05) is 0 Å². The lowest BCUT2D eigenvalue weighted by Gasteiger charge is -2.16. The Morgan fingerprint density at radius 2 is 1.57 bits per heavy atom. The molecule has 14 heavy (non-hydrogen) atoms. The van der Waals surface area contributed by atoms with Crippen molar-refractivity contribution in [3.8, 4) is 11.5 Å². The second-order valence-electron chi connectivity index (χ2n) is 3.47. The molecule has 0 aliphatic rings. The number of phenolic OH excluding ortho intramolecular Hbond substituents is 2. The van der Waals surface area contributed by atoms with E-state index in [-0.39, 0.29) is 17.1 Å². The number of hydrogen-bond donors (Lipinski definition) is 3. The zero-order valence-electron chi connectivity index (χ0n) is 8.52. The monoisotopic (exact) mass is 197 g/mol. The standard InChI is InChI=1S/C10H15NO3/c1-6(12)10-8(13)4-7(11(2)3)5-9(10)14/h4-6,12-14H,1-3H3. The van der Waals surface area contributed by atoms with Gasteiger partial charge in [-0.25, -0.2) is 0 Å². The molecular formula is C10H15NO3. The molecule has 0 saturated heterocycles. The molecule has 78 valence electrons.